The number of aromatic nitrogens is 1. The number of carboxylic acid groups (broad SMARTS) is 1. The summed E-state index contributed by atoms with van der Waals surface area (Å²) in [5.74, 6) is -0.305. The van der Waals surface area contributed by atoms with Crippen molar-refractivity contribution in [1.82, 2.24) is 4.57 Å². The summed E-state index contributed by atoms with van der Waals surface area (Å²) in [5.41, 5.74) is 0.786. The van der Waals surface area contributed by atoms with E-state index in [1.807, 2.05) is 24.3 Å². The van der Waals surface area contributed by atoms with Crippen molar-refractivity contribution in [3.8, 4) is 5.75 Å². The van der Waals surface area contributed by atoms with E-state index in [2.05, 4.69) is 0 Å². The molecule has 0 fully saturated rings. The molecule has 1 aromatic heterocycles. The van der Waals surface area contributed by atoms with Gasteiger partial charge in [0.15, 0.2) is 0 Å². The first-order chi connectivity index (χ1) is 9.60. The number of benzene rings is 1. The Bertz CT molecular complexity index is 658. The van der Waals surface area contributed by atoms with E-state index in [9.17, 15) is 9.59 Å². The molecule has 0 amide bonds. The number of hydrogen-bond donors (Lipinski definition) is 1. The Morgan fingerprint density at radius 1 is 1.25 bits per heavy atom. The van der Waals surface area contributed by atoms with Crippen LogP contribution >= 0.6 is 0 Å². The summed E-state index contributed by atoms with van der Waals surface area (Å²) in [6, 6.07) is 10.2. The van der Waals surface area contributed by atoms with Gasteiger partial charge in [0.05, 0.1) is 12.7 Å². The third-order valence-electron chi connectivity index (χ3n) is 3.04. The largest absolute Gasteiger partial charge is 0.497 e. The summed E-state index contributed by atoms with van der Waals surface area (Å²) in [6.45, 7) is 0.505. The van der Waals surface area contributed by atoms with Gasteiger partial charge in [-0.05, 0) is 30.2 Å². The summed E-state index contributed by atoms with van der Waals surface area (Å²) in [7, 11) is 1.61. The molecule has 20 heavy (non-hydrogen) atoms. The molecule has 0 aliphatic carbocycles. The van der Waals surface area contributed by atoms with Crippen LogP contribution in [0.3, 0.4) is 0 Å². The van der Waals surface area contributed by atoms with Crippen LogP contribution in [-0.4, -0.2) is 22.8 Å². The van der Waals surface area contributed by atoms with E-state index in [-0.39, 0.29) is 11.1 Å². The Hall–Kier alpha value is -2.56. The van der Waals surface area contributed by atoms with Crippen molar-refractivity contribution in [2.45, 2.75) is 13.0 Å². The van der Waals surface area contributed by atoms with Crippen molar-refractivity contribution in [2.75, 3.05) is 7.11 Å². The van der Waals surface area contributed by atoms with E-state index >= 15 is 0 Å². The normalized spacial score (nSPS) is 10.2. The van der Waals surface area contributed by atoms with Crippen molar-refractivity contribution >= 4 is 5.97 Å². The first kappa shape index (κ1) is 13.9. The van der Waals surface area contributed by atoms with Crippen molar-refractivity contribution in [3.05, 3.63) is 64.1 Å². The Kier molecular flexibility index (Phi) is 4.20. The minimum Gasteiger partial charge on any atom is -0.497 e. The lowest BCUT2D eigenvalue weighted by Crippen LogP contribution is -2.21. The summed E-state index contributed by atoms with van der Waals surface area (Å²) < 4.78 is 6.57. The second-order valence-electron chi connectivity index (χ2n) is 4.35. The van der Waals surface area contributed by atoms with Crippen LogP contribution in [0.4, 0.5) is 0 Å². The Balaban J connectivity index is 2.06. The topological polar surface area (TPSA) is 68.5 Å². The van der Waals surface area contributed by atoms with Gasteiger partial charge in [0, 0.05) is 18.8 Å². The van der Waals surface area contributed by atoms with Crippen LogP contribution in [0.2, 0.25) is 0 Å². The highest BCUT2D eigenvalue weighted by atomic mass is 16.5. The Labute approximate surface area is 116 Å². The average molecular weight is 273 g/mol. The Morgan fingerprint density at radius 2 is 1.95 bits per heavy atom. The minimum absolute atomic E-state index is 0.00991. The maximum absolute atomic E-state index is 11.7. The number of ether oxygens (including phenoxy) is 1. The molecule has 1 heterocycles. The molecule has 2 rings (SSSR count). The molecule has 0 aliphatic rings. The van der Waals surface area contributed by atoms with Crippen LogP contribution in [0.1, 0.15) is 15.9 Å². The van der Waals surface area contributed by atoms with Crippen LogP contribution in [0.15, 0.2) is 47.4 Å². The molecular weight excluding hydrogens is 258 g/mol. The summed E-state index contributed by atoms with van der Waals surface area (Å²) >= 11 is 0. The maximum atomic E-state index is 11.7. The molecule has 0 unspecified atom stereocenters. The van der Waals surface area contributed by atoms with E-state index in [1.165, 1.54) is 16.8 Å². The lowest BCUT2D eigenvalue weighted by Gasteiger charge is -2.07. The summed E-state index contributed by atoms with van der Waals surface area (Å²) in [4.78, 5) is 22.5. The first-order valence-corrected chi connectivity index (χ1v) is 6.17. The van der Waals surface area contributed by atoms with Gasteiger partial charge >= 0.3 is 5.97 Å². The predicted molar refractivity (Wildman–Crippen MR) is 74.4 cm³/mol. The smallest absolute Gasteiger partial charge is 0.335 e. The quantitative estimate of drug-likeness (QED) is 0.902. The monoisotopic (exact) mass is 273 g/mol. The highest BCUT2D eigenvalue weighted by Gasteiger charge is 2.05. The molecular formula is C15H15NO4. The van der Waals surface area contributed by atoms with Gasteiger partial charge in [-0.3, -0.25) is 4.79 Å². The molecule has 0 saturated heterocycles. The third-order valence-corrected chi connectivity index (χ3v) is 3.04. The van der Waals surface area contributed by atoms with Crippen molar-refractivity contribution in [2.24, 2.45) is 0 Å². The fourth-order valence-corrected chi connectivity index (χ4v) is 1.87. The number of nitrogens with zero attached hydrogens (tertiary/aromatic N) is 1. The molecule has 2 aromatic rings. The lowest BCUT2D eigenvalue weighted by molar-refractivity contribution is 0.0696. The first-order valence-electron chi connectivity index (χ1n) is 6.17. The van der Waals surface area contributed by atoms with Gasteiger partial charge in [-0.1, -0.05) is 12.1 Å². The number of rotatable bonds is 5. The van der Waals surface area contributed by atoms with Crippen LogP contribution in [0.5, 0.6) is 5.75 Å². The number of hydrogen-bond acceptors (Lipinski definition) is 3. The number of methoxy groups -OCH3 is 1. The highest BCUT2D eigenvalue weighted by Crippen LogP contribution is 2.11. The van der Waals surface area contributed by atoms with Crippen molar-refractivity contribution < 1.29 is 14.6 Å². The zero-order valence-corrected chi connectivity index (χ0v) is 11.1. The molecule has 0 atom stereocenters. The fourth-order valence-electron chi connectivity index (χ4n) is 1.87. The molecule has 5 nitrogen and oxygen atoms in total. The lowest BCUT2D eigenvalue weighted by atomic mass is 10.1. The highest BCUT2D eigenvalue weighted by molar-refractivity contribution is 5.87. The van der Waals surface area contributed by atoms with Crippen molar-refractivity contribution in [1.29, 1.82) is 0 Å². The number of aryl methyl sites for hydroxylation is 2. The van der Waals surface area contributed by atoms with E-state index in [4.69, 9.17) is 9.84 Å². The average Bonchev–Trinajstić information content (AvgIpc) is 2.46. The molecule has 1 aromatic carbocycles. The fraction of sp³-hybridized carbons (Fsp3) is 0.200. The van der Waals surface area contributed by atoms with Crippen LogP contribution in [0, 0.1) is 0 Å². The molecule has 5 heteroatoms. The van der Waals surface area contributed by atoms with E-state index < -0.39 is 5.97 Å². The predicted octanol–water partition coefficient (Wildman–Crippen LogP) is 1.80. The zero-order chi connectivity index (χ0) is 14.5. The SMILES string of the molecule is COc1ccc(CCn2ccc(C(=O)O)cc2=O)cc1. The molecule has 0 radical (unpaired) electrons. The summed E-state index contributed by atoms with van der Waals surface area (Å²) in [5, 5.41) is 8.80. The zero-order valence-electron chi connectivity index (χ0n) is 11.1. The van der Waals surface area contributed by atoms with Gasteiger partial charge in [-0.15, -0.1) is 0 Å². The van der Waals surface area contributed by atoms with Gasteiger partial charge in [0.25, 0.3) is 5.56 Å². The molecule has 1 N–H and O–H groups in total. The van der Waals surface area contributed by atoms with Gasteiger partial charge in [-0.25, -0.2) is 4.79 Å². The number of aromatic carboxylic acids is 1. The Morgan fingerprint density at radius 3 is 2.50 bits per heavy atom. The maximum Gasteiger partial charge on any atom is 0.335 e. The van der Waals surface area contributed by atoms with Crippen LogP contribution in [0.25, 0.3) is 0 Å². The third kappa shape index (κ3) is 3.26. The summed E-state index contributed by atoms with van der Waals surface area (Å²) in [6.07, 6.45) is 2.20. The molecule has 0 bridgehead atoms. The molecule has 0 aliphatic heterocycles. The van der Waals surface area contributed by atoms with Gasteiger partial charge < -0.3 is 14.4 Å². The molecule has 0 saturated carbocycles. The number of carbonyl (C=O) groups is 1. The van der Waals surface area contributed by atoms with Gasteiger partial charge in [0.2, 0.25) is 0 Å². The number of pyridine rings is 1. The minimum atomic E-state index is -1.09. The number of carboxylic acids is 1. The van der Waals surface area contributed by atoms with E-state index in [0.29, 0.717) is 13.0 Å². The van der Waals surface area contributed by atoms with E-state index in [0.717, 1.165) is 17.4 Å². The van der Waals surface area contributed by atoms with E-state index in [1.54, 1.807) is 7.11 Å². The van der Waals surface area contributed by atoms with Gasteiger partial charge in [0.1, 0.15) is 5.75 Å². The molecule has 104 valence electrons. The second-order valence-corrected chi connectivity index (χ2v) is 4.35. The molecule has 0 spiro atoms. The second kappa shape index (κ2) is 6.06. The standard InChI is InChI=1S/C15H15NO4/c1-20-13-4-2-11(3-5-13)6-8-16-9-7-12(15(18)19)10-14(16)17/h2-5,7,9-10H,6,8H2,1H3,(H,18,19). The van der Waals surface area contributed by atoms with Gasteiger partial charge in [-0.2, -0.15) is 0 Å². The van der Waals surface area contributed by atoms with Crippen LogP contribution < -0.4 is 10.3 Å². The van der Waals surface area contributed by atoms with Crippen LogP contribution in [-0.2, 0) is 13.0 Å². The van der Waals surface area contributed by atoms with Crippen molar-refractivity contribution in [3.63, 3.8) is 0 Å².